The molecule has 1 aromatic carbocycles. The van der Waals surface area contributed by atoms with Gasteiger partial charge in [-0.05, 0) is 6.07 Å². The van der Waals surface area contributed by atoms with Gasteiger partial charge in [0.25, 0.3) is 0 Å². The summed E-state index contributed by atoms with van der Waals surface area (Å²) in [5, 5.41) is 0.855. The fraction of sp³-hybridized carbons (Fsp3) is 0. The molecular weight excluding hydrogens is 143 g/mol. The Balaban J connectivity index is 2.83. The Kier molecular flexibility index (Phi) is 1.28. The highest BCUT2D eigenvalue weighted by molar-refractivity contribution is 5.76. The summed E-state index contributed by atoms with van der Waals surface area (Å²) in [4.78, 5) is 7.03. The molecule has 0 aliphatic carbocycles. The fourth-order valence-electron chi connectivity index (χ4n) is 0.950. The summed E-state index contributed by atoms with van der Waals surface area (Å²) >= 11 is 0. The summed E-state index contributed by atoms with van der Waals surface area (Å²) in [5.41, 5.74) is 0.639. The molecule has 0 aliphatic heterocycles. The molecule has 0 spiro atoms. The van der Waals surface area contributed by atoms with E-state index in [1.807, 2.05) is 18.2 Å². The number of benzene rings is 1. The highest BCUT2D eigenvalue weighted by Crippen LogP contribution is 2.08. The zero-order valence-electron chi connectivity index (χ0n) is 5.66. The van der Waals surface area contributed by atoms with Gasteiger partial charge in [-0.15, -0.1) is 0 Å². The van der Waals surface area contributed by atoms with E-state index in [1.54, 1.807) is 6.07 Å². The number of halogens is 1. The highest BCUT2D eigenvalue weighted by atomic mass is 19.1. The van der Waals surface area contributed by atoms with Gasteiger partial charge in [0.05, 0.1) is 5.52 Å². The van der Waals surface area contributed by atoms with Crippen LogP contribution < -0.4 is 0 Å². The maximum atomic E-state index is 12.4. The molecule has 11 heavy (non-hydrogen) atoms. The van der Waals surface area contributed by atoms with Gasteiger partial charge in [-0.1, -0.05) is 18.2 Å². The van der Waals surface area contributed by atoms with Gasteiger partial charge < -0.3 is 0 Å². The molecule has 2 nitrogen and oxygen atoms in total. The van der Waals surface area contributed by atoms with E-state index in [9.17, 15) is 4.39 Å². The average Bonchev–Trinajstić information content (AvgIpc) is 2.04. The van der Waals surface area contributed by atoms with Crippen molar-refractivity contribution in [3.8, 4) is 0 Å². The van der Waals surface area contributed by atoms with Crippen molar-refractivity contribution in [2.24, 2.45) is 0 Å². The van der Waals surface area contributed by atoms with Crippen LogP contribution in [-0.4, -0.2) is 9.97 Å². The normalized spacial score (nSPS) is 10.3. The maximum Gasteiger partial charge on any atom is 0.309 e. The van der Waals surface area contributed by atoms with Gasteiger partial charge in [0.2, 0.25) is 0 Å². The molecule has 0 radical (unpaired) electrons. The number of hydrogen-bond donors (Lipinski definition) is 0. The van der Waals surface area contributed by atoms with Gasteiger partial charge in [0, 0.05) is 11.6 Å². The minimum atomic E-state index is -0.677. The average molecular weight is 148 g/mol. The molecule has 0 amide bonds. The zero-order valence-corrected chi connectivity index (χ0v) is 5.66. The number of para-hydroxylation sites is 1. The van der Waals surface area contributed by atoms with Gasteiger partial charge in [-0.3, -0.25) is 0 Å². The molecule has 0 atom stereocenters. The summed E-state index contributed by atoms with van der Waals surface area (Å²) in [6.07, 6.45) is 0.793. The van der Waals surface area contributed by atoms with Crippen molar-refractivity contribution in [2.45, 2.75) is 0 Å². The van der Waals surface area contributed by atoms with Crippen LogP contribution in [0.5, 0.6) is 0 Å². The smallest absolute Gasteiger partial charge is 0.210 e. The maximum absolute atomic E-state index is 12.4. The molecule has 0 aliphatic rings. The Morgan fingerprint density at radius 1 is 1.18 bits per heavy atom. The molecule has 1 aromatic heterocycles. The van der Waals surface area contributed by atoms with Gasteiger partial charge in [0.1, 0.15) is 0 Å². The second-order valence-electron chi connectivity index (χ2n) is 2.20. The first-order chi connectivity index (χ1) is 5.36. The third kappa shape index (κ3) is 1.05. The Morgan fingerprint density at radius 3 is 2.91 bits per heavy atom. The third-order valence-electron chi connectivity index (χ3n) is 1.46. The summed E-state index contributed by atoms with van der Waals surface area (Å²) < 4.78 is 12.4. The Morgan fingerprint density at radius 2 is 2.00 bits per heavy atom. The van der Waals surface area contributed by atoms with E-state index >= 15 is 0 Å². The van der Waals surface area contributed by atoms with Crippen LogP contribution in [0.15, 0.2) is 30.5 Å². The number of aromatic nitrogens is 2. The molecular formula is C8H5FN2. The van der Waals surface area contributed by atoms with E-state index in [1.165, 1.54) is 6.20 Å². The first kappa shape index (κ1) is 6.22. The highest BCUT2D eigenvalue weighted by Gasteiger charge is 1.94. The first-order valence-electron chi connectivity index (χ1n) is 3.23. The van der Waals surface area contributed by atoms with Crippen LogP contribution in [0.4, 0.5) is 4.39 Å². The molecule has 54 valence electrons. The van der Waals surface area contributed by atoms with E-state index in [2.05, 4.69) is 9.97 Å². The molecule has 0 unspecified atom stereocenters. The van der Waals surface area contributed by atoms with Crippen LogP contribution in [0.1, 0.15) is 0 Å². The minimum absolute atomic E-state index is 0.639. The molecule has 0 saturated heterocycles. The first-order valence-corrected chi connectivity index (χ1v) is 3.23. The minimum Gasteiger partial charge on any atom is -0.210 e. The van der Waals surface area contributed by atoms with Crippen LogP contribution in [0, 0.1) is 6.08 Å². The number of hydrogen-bond acceptors (Lipinski definition) is 2. The Labute approximate surface area is 62.7 Å². The van der Waals surface area contributed by atoms with Gasteiger partial charge in [-0.25, -0.2) is 9.97 Å². The van der Waals surface area contributed by atoms with Crippen molar-refractivity contribution in [1.82, 2.24) is 9.97 Å². The van der Waals surface area contributed by atoms with Crippen molar-refractivity contribution in [1.29, 1.82) is 0 Å². The predicted octanol–water partition coefficient (Wildman–Crippen LogP) is 1.77. The van der Waals surface area contributed by atoms with Gasteiger partial charge in [0.15, 0.2) is 0 Å². The third-order valence-corrected chi connectivity index (χ3v) is 1.46. The quantitative estimate of drug-likeness (QED) is 0.532. The lowest BCUT2D eigenvalue weighted by molar-refractivity contribution is 0.544. The van der Waals surface area contributed by atoms with Crippen LogP contribution >= 0.6 is 0 Å². The molecule has 0 fully saturated rings. The van der Waals surface area contributed by atoms with E-state index in [-0.39, 0.29) is 0 Å². The monoisotopic (exact) mass is 148 g/mol. The lowest BCUT2D eigenvalue weighted by Gasteiger charge is -1.92. The lowest BCUT2D eigenvalue weighted by atomic mass is 10.2. The fourth-order valence-corrected chi connectivity index (χ4v) is 0.950. The van der Waals surface area contributed by atoms with Crippen LogP contribution in [0.25, 0.3) is 10.9 Å². The molecule has 2 rings (SSSR count). The summed E-state index contributed by atoms with van der Waals surface area (Å²) in [6.45, 7) is 0. The molecule has 2 aromatic rings. The lowest BCUT2D eigenvalue weighted by Crippen LogP contribution is -1.87. The van der Waals surface area contributed by atoms with E-state index < -0.39 is 6.08 Å². The molecule has 1 heterocycles. The van der Waals surface area contributed by atoms with Crippen LogP contribution in [-0.2, 0) is 0 Å². The Hall–Kier alpha value is -1.51. The van der Waals surface area contributed by atoms with Crippen molar-refractivity contribution >= 4 is 10.9 Å². The molecule has 3 heteroatoms. The second-order valence-corrected chi connectivity index (χ2v) is 2.20. The SMILES string of the molecule is Fc1ncc2ccccc2n1. The van der Waals surface area contributed by atoms with E-state index in [0.29, 0.717) is 5.52 Å². The van der Waals surface area contributed by atoms with Crippen molar-refractivity contribution in [3.63, 3.8) is 0 Å². The van der Waals surface area contributed by atoms with Crippen molar-refractivity contribution < 1.29 is 4.39 Å². The standard InChI is InChI=1S/C8H5FN2/c9-8-10-5-6-3-1-2-4-7(6)11-8/h1-5H. The number of rotatable bonds is 0. The van der Waals surface area contributed by atoms with Crippen molar-refractivity contribution in [3.05, 3.63) is 36.5 Å². The summed E-state index contributed by atoms with van der Waals surface area (Å²) in [6, 6.07) is 7.27. The molecule has 0 bridgehead atoms. The van der Waals surface area contributed by atoms with E-state index in [0.717, 1.165) is 5.39 Å². The summed E-state index contributed by atoms with van der Waals surface area (Å²) in [7, 11) is 0. The van der Waals surface area contributed by atoms with Gasteiger partial charge in [-0.2, -0.15) is 4.39 Å². The van der Waals surface area contributed by atoms with Gasteiger partial charge >= 0.3 is 6.08 Å². The molecule has 0 N–H and O–H groups in total. The molecule has 0 saturated carbocycles. The van der Waals surface area contributed by atoms with Crippen LogP contribution in [0.3, 0.4) is 0 Å². The number of nitrogens with zero attached hydrogens (tertiary/aromatic N) is 2. The predicted molar refractivity (Wildman–Crippen MR) is 39.5 cm³/mol. The Bertz CT molecular complexity index is 387. The summed E-state index contributed by atoms with van der Waals surface area (Å²) in [5.74, 6) is 0. The van der Waals surface area contributed by atoms with Crippen LogP contribution in [0.2, 0.25) is 0 Å². The number of fused-ring (bicyclic) bond motifs is 1. The zero-order chi connectivity index (χ0) is 7.68. The van der Waals surface area contributed by atoms with Crippen molar-refractivity contribution in [2.75, 3.05) is 0 Å². The van der Waals surface area contributed by atoms with E-state index in [4.69, 9.17) is 0 Å². The largest absolute Gasteiger partial charge is 0.309 e. The second kappa shape index (κ2) is 2.27. The topological polar surface area (TPSA) is 25.8 Å².